The third kappa shape index (κ3) is 15.6. The van der Waals surface area contributed by atoms with Gasteiger partial charge in [-0.2, -0.15) is 5.26 Å². The molecule has 5 aromatic rings. The molecule has 16 heteroatoms. The van der Waals surface area contributed by atoms with Crippen LogP contribution in [0.1, 0.15) is 85.5 Å². The number of nitrogens with zero attached hydrogens (tertiary/aromatic N) is 1. The standard InChI is InChI=1S/C51H44FNO14/c1-3-44(54)62-31-9-5-7-29-60-39-20-11-34(12-21-39)48(56)64-41-24-15-36(16-25-41)50(58)66-43-28-19-38(33-53)46(52)47(43)67-51(59)37-17-26-42(27-18-37)65-49(57)35-13-22-40(23-14-35)61-30-8-6-10-32-63-45(55)4-2/h3-4,11-28H,1-2,5-10,29-32H2. The first kappa shape index (κ1) is 49.4. The van der Waals surface area contributed by atoms with E-state index in [4.69, 9.17) is 37.9 Å². The summed E-state index contributed by atoms with van der Waals surface area (Å²) in [6.45, 7) is 8.14. The quantitative estimate of drug-likeness (QED) is 0.0245. The van der Waals surface area contributed by atoms with Gasteiger partial charge in [0.15, 0.2) is 11.6 Å². The first-order valence-corrected chi connectivity index (χ1v) is 20.8. The van der Waals surface area contributed by atoms with Gasteiger partial charge in [0, 0.05) is 12.2 Å². The molecular formula is C51H44FNO14. The SMILES string of the molecule is C=CC(=O)OCCCCCOc1ccc(C(=O)Oc2ccc(C(=O)Oc3ccc(C#N)c(F)c3OC(=O)c3ccc(OC(=O)c4ccc(OCCCCCOC(=O)C=C)cc4)cc3)cc2)cc1. The predicted octanol–water partition coefficient (Wildman–Crippen LogP) is 9.13. The number of hydrogen-bond acceptors (Lipinski definition) is 15. The third-order valence-corrected chi connectivity index (χ3v) is 9.30. The molecule has 0 aliphatic carbocycles. The Morgan fingerprint density at radius 3 is 1.21 bits per heavy atom. The maximum absolute atomic E-state index is 15.4. The molecule has 0 aromatic heterocycles. The molecule has 0 bridgehead atoms. The van der Waals surface area contributed by atoms with Crippen LogP contribution in [0, 0.1) is 17.1 Å². The van der Waals surface area contributed by atoms with Crippen molar-refractivity contribution < 1.29 is 71.1 Å². The van der Waals surface area contributed by atoms with E-state index in [1.165, 1.54) is 72.8 Å². The lowest BCUT2D eigenvalue weighted by molar-refractivity contribution is -0.138. The van der Waals surface area contributed by atoms with E-state index in [9.17, 15) is 34.0 Å². The van der Waals surface area contributed by atoms with Gasteiger partial charge >= 0.3 is 35.8 Å². The fourth-order valence-electron chi connectivity index (χ4n) is 5.74. The number of halogens is 1. The van der Waals surface area contributed by atoms with Crippen molar-refractivity contribution in [1.29, 1.82) is 5.26 Å². The van der Waals surface area contributed by atoms with Crippen molar-refractivity contribution in [1.82, 2.24) is 0 Å². The molecule has 0 unspecified atom stereocenters. The topological polar surface area (TPSA) is 200 Å². The molecule has 0 saturated carbocycles. The number of nitriles is 1. The fourth-order valence-corrected chi connectivity index (χ4v) is 5.74. The highest BCUT2D eigenvalue weighted by Gasteiger charge is 2.23. The highest BCUT2D eigenvalue weighted by molar-refractivity contribution is 5.95. The molecule has 0 fully saturated rings. The molecule has 0 spiro atoms. The lowest BCUT2D eigenvalue weighted by Crippen LogP contribution is -2.14. The molecule has 5 aromatic carbocycles. The van der Waals surface area contributed by atoms with Crippen LogP contribution < -0.4 is 28.4 Å². The van der Waals surface area contributed by atoms with Gasteiger partial charge in [0.2, 0.25) is 5.75 Å². The Morgan fingerprint density at radius 2 is 0.821 bits per heavy atom. The molecule has 0 aliphatic rings. The highest BCUT2D eigenvalue weighted by Crippen LogP contribution is 2.34. The number of ether oxygens (including phenoxy) is 8. The van der Waals surface area contributed by atoms with Gasteiger partial charge in [-0.15, -0.1) is 0 Å². The average Bonchev–Trinajstić information content (AvgIpc) is 3.35. The molecular weight excluding hydrogens is 870 g/mol. The average molecular weight is 914 g/mol. The van der Waals surface area contributed by atoms with E-state index in [1.807, 2.05) is 0 Å². The van der Waals surface area contributed by atoms with Gasteiger partial charge in [-0.25, -0.2) is 33.2 Å². The maximum Gasteiger partial charge on any atom is 0.343 e. The molecule has 15 nitrogen and oxygen atoms in total. The maximum atomic E-state index is 15.4. The van der Waals surface area contributed by atoms with E-state index in [1.54, 1.807) is 30.3 Å². The number of rotatable bonds is 24. The van der Waals surface area contributed by atoms with Gasteiger partial charge in [-0.3, -0.25) is 0 Å². The number of unbranched alkanes of at least 4 members (excludes halogenated alkanes) is 4. The van der Waals surface area contributed by atoms with Crippen LogP contribution in [0.5, 0.6) is 34.5 Å². The molecule has 67 heavy (non-hydrogen) atoms. The largest absolute Gasteiger partial charge is 0.494 e. The molecule has 5 rings (SSSR count). The summed E-state index contributed by atoms with van der Waals surface area (Å²) in [6.07, 6.45) is 6.63. The molecule has 0 aliphatic heterocycles. The Labute approximate surface area is 384 Å². The highest BCUT2D eigenvalue weighted by atomic mass is 19.1. The smallest absolute Gasteiger partial charge is 0.343 e. The normalized spacial score (nSPS) is 10.3. The second-order valence-corrected chi connectivity index (χ2v) is 14.1. The van der Waals surface area contributed by atoms with Gasteiger partial charge in [0.05, 0.1) is 54.2 Å². The van der Waals surface area contributed by atoms with Crippen LogP contribution >= 0.6 is 0 Å². The van der Waals surface area contributed by atoms with E-state index in [2.05, 4.69) is 13.2 Å². The van der Waals surface area contributed by atoms with Gasteiger partial charge in [0.25, 0.3) is 0 Å². The van der Waals surface area contributed by atoms with Crippen LogP contribution in [0.4, 0.5) is 4.39 Å². The van der Waals surface area contributed by atoms with Crippen LogP contribution in [-0.4, -0.2) is 62.2 Å². The second kappa shape index (κ2) is 25.6. The summed E-state index contributed by atoms with van der Waals surface area (Å²) < 4.78 is 58.2. The molecule has 0 amide bonds. The van der Waals surface area contributed by atoms with Crippen molar-refractivity contribution >= 4 is 35.8 Å². The number of esters is 6. The number of carbonyl (C=O) groups excluding carboxylic acids is 6. The van der Waals surface area contributed by atoms with E-state index in [0.717, 1.165) is 50.0 Å². The molecule has 0 radical (unpaired) electrons. The number of carbonyl (C=O) groups is 6. The summed E-state index contributed by atoms with van der Waals surface area (Å²) in [6, 6.07) is 26.8. The summed E-state index contributed by atoms with van der Waals surface area (Å²) >= 11 is 0. The zero-order valence-corrected chi connectivity index (χ0v) is 36.1. The zero-order valence-electron chi connectivity index (χ0n) is 36.1. The van der Waals surface area contributed by atoms with Crippen molar-refractivity contribution in [2.45, 2.75) is 38.5 Å². The summed E-state index contributed by atoms with van der Waals surface area (Å²) in [5, 5.41) is 9.43. The van der Waals surface area contributed by atoms with Crippen LogP contribution in [0.25, 0.3) is 0 Å². The minimum atomic E-state index is -1.26. The van der Waals surface area contributed by atoms with Gasteiger partial charge in [-0.05, 0) is 148 Å². The van der Waals surface area contributed by atoms with Crippen LogP contribution in [0.2, 0.25) is 0 Å². The van der Waals surface area contributed by atoms with E-state index < -0.39 is 58.7 Å². The van der Waals surface area contributed by atoms with E-state index in [0.29, 0.717) is 50.8 Å². The number of benzene rings is 5. The Hall–Kier alpha value is -8.58. The lowest BCUT2D eigenvalue weighted by atomic mass is 10.2. The van der Waals surface area contributed by atoms with E-state index in [-0.39, 0.29) is 33.8 Å². The van der Waals surface area contributed by atoms with Crippen LogP contribution in [0.15, 0.2) is 135 Å². The third-order valence-electron chi connectivity index (χ3n) is 9.30. The Morgan fingerprint density at radius 1 is 0.463 bits per heavy atom. The van der Waals surface area contributed by atoms with Crippen molar-refractivity contribution in [3.05, 3.63) is 168 Å². The Kier molecular flexibility index (Phi) is 18.9. The van der Waals surface area contributed by atoms with Gasteiger partial charge in [-0.1, -0.05) is 13.2 Å². The molecule has 0 heterocycles. The molecule has 344 valence electrons. The molecule has 0 N–H and O–H groups in total. The Balaban J connectivity index is 1.10. The second-order valence-electron chi connectivity index (χ2n) is 14.1. The molecule has 0 atom stereocenters. The van der Waals surface area contributed by atoms with Crippen molar-refractivity contribution in [3.63, 3.8) is 0 Å². The zero-order chi connectivity index (χ0) is 48.0. The van der Waals surface area contributed by atoms with Crippen LogP contribution in [-0.2, 0) is 19.1 Å². The summed E-state index contributed by atoms with van der Waals surface area (Å²) in [5.41, 5.74) is -0.158. The minimum Gasteiger partial charge on any atom is -0.494 e. The van der Waals surface area contributed by atoms with Crippen molar-refractivity contribution in [2.24, 2.45) is 0 Å². The van der Waals surface area contributed by atoms with Crippen molar-refractivity contribution in [2.75, 3.05) is 26.4 Å². The summed E-state index contributed by atoms with van der Waals surface area (Å²) in [5.74, 6) is -5.66. The van der Waals surface area contributed by atoms with E-state index >= 15 is 4.39 Å². The first-order valence-electron chi connectivity index (χ1n) is 20.8. The summed E-state index contributed by atoms with van der Waals surface area (Å²) in [4.78, 5) is 74.1. The van der Waals surface area contributed by atoms with Crippen LogP contribution in [0.3, 0.4) is 0 Å². The first-order chi connectivity index (χ1) is 32.5. The predicted molar refractivity (Wildman–Crippen MR) is 238 cm³/mol. The van der Waals surface area contributed by atoms with Gasteiger partial charge in [0.1, 0.15) is 29.1 Å². The van der Waals surface area contributed by atoms with Crippen molar-refractivity contribution in [3.8, 4) is 40.6 Å². The molecule has 0 saturated heterocycles. The van der Waals surface area contributed by atoms with Gasteiger partial charge < -0.3 is 37.9 Å². The fraction of sp³-hybridized carbons (Fsp3) is 0.196. The minimum absolute atomic E-state index is 0.0375. The monoisotopic (exact) mass is 913 g/mol. The lowest BCUT2D eigenvalue weighted by Gasteiger charge is -2.13. The Bertz CT molecular complexity index is 2580. The summed E-state index contributed by atoms with van der Waals surface area (Å²) in [7, 11) is 0. The number of hydrogen-bond donors (Lipinski definition) is 0.